The van der Waals surface area contributed by atoms with Crippen molar-refractivity contribution in [3.8, 4) is 0 Å². The Morgan fingerprint density at radius 1 is 1.23 bits per heavy atom. The molecule has 0 spiro atoms. The van der Waals surface area contributed by atoms with E-state index in [9.17, 15) is 14.0 Å². The molecular weight excluding hydrogens is 409 g/mol. The van der Waals surface area contributed by atoms with Crippen LogP contribution in [-0.4, -0.2) is 41.4 Å². The Morgan fingerprint density at radius 2 is 2.00 bits per heavy atom. The van der Waals surface area contributed by atoms with Crippen LogP contribution in [0.1, 0.15) is 11.3 Å². The number of hydrogen-bond acceptors (Lipinski definition) is 7. The number of rotatable bonds is 6. The second-order valence-corrected chi connectivity index (χ2v) is 7.36. The van der Waals surface area contributed by atoms with E-state index in [-0.39, 0.29) is 40.7 Å². The average Bonchev–Trinajstić information content (AvgIpc) is 3.15. The highest BCUT2D eigenvalue weighted by Gasteiger charge is 2.15. The first-order chi connectivity index (χ1) is 14.5. The van der Waals surface area contributed by atoms with Crippen LogP contribution in [0.5, 0.6) is 0 Å². The van der Waals surface area contributed by atoms with Gasteiger partial charge >= 0.3 is 0 Å². The third kappa shape index (κ3) is 4.35. The van der Waals surface area contributed by atoms with Crippen molar-refractivity contribution in [3.63, 3.8) is 0 Å². The van der Waals surface area contributed by atoms with Gasteiger partial charge in [-0.3, -0.25) is 19.3 Å². The zero-order valence-electron chi connectivity index (χ0n) is 15.8. The number of aromatic nitrogens is 6. The minimum absolute atomic E-state index is 0.00747. The Kier molecular flexibility index (Phi) is 5.53. The molecule has 0 unspecified atom stereocenters. The maximum atomic E-state index is 13.2. The summed E-state index contributed by atoms with van der Waals surface area (Å²) >= 11 is 1.09. The first-order valence-electron chi connectivity index (χ1n) is 8.90. The van der Waals surface area contributed by atoms with Gasteiger partial charge in [-0.2, -0.15) is 5.10 Å². The first kappa shape index (κ1) is 19.7. The predicted octanol–water partition coefficient (Wildman–Crippen LogP) is 2.14. The van der Waals surface area contributed by atoms with E-state index >= 15 is 0 Å². The van der Waals surface area contributed by atoms with Crippen LogP contribution in [0.3, 0.4) is 0 Å². The molecule has 3 aromatic heterocycles. The summed E-state index contributed by atoms with van der Waals surface area (Å²) in [7, 11) is 0. The van der Waals surface area contributed by atoms with Gasteiger partial charge in [-0.25, -0.2) is 19.3 Å². The number of carbonyl (C=O) groups is 1. The number of hydrogen-bond donors (Lipinski definition) is 2. The van der Waals surface area contributed by atoms with Gasteiger partial charge in [0.25, 0.3) is 5.56 Å². The number of benzene rings is 1. The summed E-state index contributed by atoms with van der Waals surface area (Å²) in [6.45, 7) is 1.98. The monoisotopic (exact) mass is 425 g/mol. The van der Waals surface area contributed by atoms with Gasteiger partial charge in [-0.1, -0.05) is 23.9 Å². The van der Waals surface area contributed by atoms with Crippen LogP contribution in [0, 0.1) is 12.7 Å². The molecule has 30 heavy (non-hydrogen) atoms. The topological polar surface area (TPSA) is 118 Å². The summed E-state index contributed by atoms with van der Waals surface area (Å²) in [6.07, 6.45) is 2.86. The summed E-state index contributed by atoms with van der Waals surface area (Å²) in [6, 6.07) is 7.52. The number of aromatic amines is 1. The zero-order chi connectivity index (χ0) is 21.1. The Labute approximate surface area is 173 Å². The van der Waals surface area contributed by atoms with E-state index in [1.165, 1.54) is 29.1 Å². The Balaban J connectivity index is 1.62. The Bertz CT molecular complexity index is 1270. The average molecular weight is 425 g/mol. The van der Waals surface area contributed by atoms with Crippen molar-refractivity contribution in [1.29, 1.82) is 0 Å². The lowest BCUT2D eigenvalue weighted by atomic mass is 10.2. The highest BCUT2D eigenvalue weighted by molar-refractivity contribution is 7.99. The molecule has 3 heterocycles. The molecule has 0 saturated heterocycles. The van der Waals surface area contributed by atoms with Gasteiger partial charge in [0.05, 0.1) is 12.3 Å². The van der Waals surface area contributed by atoms with Gasteiger partial charge < -0.3 is 5.32 Å². The molecule has 4 rings (SSSR count). The van der Waals surface area contributed by atoms with Crippen LogP contribution in [0.25, 0.3) is 11.2 Å². The SMILES string of the molecule is Cc1cc(NC(=O)CSc2nc3nccnc3c(=O)n2Cc2ccc(F)cc2)n[nH]1. The summed E-state index contributed by atoms with van der Waals surface area (Å²) < 4.78 is 14.6. The van der Waals surface area contributed by atoms with E-state index in [2.05, 4.69) is 30.5 Å². The predicted molar refractivity (Wildman–Crippen MR) is 110 cm³/mol. The first-order valence-corrected chi connectivity index (χ1v) is 9.89. The summed E-state index contributed by atoms with van der Waals surface area (Å²) in [5.74, 6) is -0.242. The van der Waals surface area contributed by atoms with Gasteiger partial charge in [0.2, 0.25) is 5.91 Å². The number of halogens is 1. The highest BCUT2D eigenvalue weighted by Crippen LogP contribution is 2.18. The standard InChI is InChI=1S/C19H16FN7O2S/c1-11-8-14(26-25-11)23-15(28)10-30-19-24-17-16(21-6-7-22-17)18(29)27(19)9-12-2-4-13(20)5-3-12/h2-8H,9-10H2,1H3,(H2,23,25,26,28). The van der Waals surface area contributed by atoms with Gasteiger partial charge in [0.15, 0.2) is 22.1 Å². The molecule has 0 radical (unpaired) electrons. The molecule has 152 valence electrons. The molecule has 9 nitrogen and oxygen atoms in total. The Hall–Kier alpha value is -3.60. The maximum Gasteiger partial charge on any atom is 0.282 e. The van der Waals surface area contributed by atoms with Crippen molar-refractivity contribution in [3.05, 3.63) is 70.2 Å². The molecule has 0 bridgehead atoms. The number of aryl methyl sites for hydroxylation is 1. The largest absolute Gasteiger partial charge is 0.308 e. The molecule has 4 aromatic rings. The van der Waals surface area contributed by atoms with E-state index < -0.39 is 0 Å². The van der Waals surface area contributed by atoms with Crippen LogP contribution in [0.2, 0.25) is 0 Å². The normalized spacial score (nSPS) is 11.0. The smallest absolute Gasteiger partial charge is 0.282 e. The number of H-pyrrole nitrogens is 1. The van der Waals surface area contributed by atoms with E-state index in [0.29, 0.717) is 16.5 Å². The van der Waals surface area contributed by atoms with Crippen molar-refractivity contribution in [2.45, 2.75) is 18.6 Å². The van der Waals surface area contributed by atoms with E-state index in [1.54, 1.807) is 18.2 Å². The Morgan fingerprint density at radius 3 is 2.73 bits per heavy atom. The molecule has 1 aromatic carbocycles. The number of fused-ring (bicyclic) bond motifs is 1. The van der Waals surface area contributed by atoms with Gasteiger partial charge in [0.1, 0.15) is 5.82 Å². The van der Waals surface area contributed by atoms with Crippen LogP contribution >= 0.6 is 11.8 Å². The van der Waals surface area contributed by atoms with Crippen molar-refractivity contribution in [1.82, 2.24) is 29.7 Å². The molecular formula is C19H16FN7O2S. The van der Waals surface area contributed by atoms with E-state index in [4.69, 9.17) is 0 Å². The molecule has 0 aliphatic rings. The lowest BCUT2D eigenvalue weighted by Gasteiger charge is -2.12. The minimum Gasteiger partial charge on any atom is -0.308 e. The second kappa shape index (κ2) is 8.41. The second-order valence-electron chi connectivity index (χ2n) is 6.41. The van der Waals surface area contributed by atoms with Gasteiger partial charge in [-0.05, 0) is 24.6 Å². The maximum absolute atomic E-state index is 13.2. The van der Waals surface area contributed by atoms with Crippen LogP contribution in [0.15, 0.2) is 52.7 Å². The zero-order valence-corrected chi connectivity index (χ0v) is 16.6. The van der Waals surface area contributed by atoms with Crippen molar-refractivity contribution >= 4 is 34.7 Å². The van der Waals surface area contributed by atoms with Gasteiger partial charge in [0, 0.05) is 24.2 Å². The third-order valence-corrected chi connectivity index (χ3v) is 5.10. The van der Waals surface area contributed by atoms with E-state index in [1.807, 2.05) is 6.92 Å². The fraction of sp³-hybridized carbons (Fsp3) is 0.158. The van der Waals surface area contributed by atoms with Crippen molar-refractivity contribution in [2.75, 3.05) is 11.1 Å². The molecule has 0 fully saturated rings. The fourth-order valence-electron chi connectivity index (χ4n) is 2.74. The highest BCUT2D eigenvalue weighted by atomic mass is 32.2. The van der Waals surface area contributed by atoms with Crippen LogP contribution in [0.4, 0.5) is 10.2 Å². The number of amides is 1. The molecule has 0 atom stereocenters. The van der Waals surface area contributed by atoms with Crippen molar-refractivity contribution in [2.24, 2.45) is 0 Å². The van der Waals surface area contributed by atoms with Gasteiger partial charge in [-0.15, -0.1) is 0 Å². The van der Waals surface area contributed by atoms with E-state index in [0.717, 1.165) is 17.5 Å². The summed E-state index contributed by atoms with van der Waals surface area (Å²) in [4.78, 5) is 37.8. The molecule has 1 amide bonds. The number of nitrogens with one attached hydrogen (secondary N) is 2. The molecule has 0 saturated carbocycles. The molecule has 11 heteroatoms. The third-order valence-electron chi connectivity index (χ3n) is 4.12. The number of nitrogens with zero attached hydrogens (tertiary/aromatic N) is 5. The quantitative estimate of drug-likeness (QED) is 0.359. The number of carbonyl (C=O) groups excluding carboxylic acids is 1. The lowest BCUT2D eigenvalue weighted by molar-refractivity contribution is -0.113. The minimum atomic E-state index is -0.386. The fourth-order valence-corrected chi connectivity index (χ4v) is 3.53. The van der Waals surface area contributed by atoms with Crippen LogP contribution in [-0.2, 0) is 11.3 Å². The lowest BCUT2D eigenvalue weighted by Crippen LogP contribution is -2.26. The summed E-state index contributed by atoms with van der Waals surface area (Å²) in [5, 5.41) is 9.69. The summed E-state index contributed by atoms with van der Waals surface area (Å²) in [5.41, 5.74) is 1.47. The number of anilines is 1. The molecule has 0 aliphatic carbocycles. The van der Waals surface area contributed by atoms with Crippen LogP contribution < -0.4 is 10.9 Å². The molecule has 2 N–H and O–H groups in total. The molecule has 0 aliphatic heterocycles. The van der Waals surface area contributed by atoms with Crippen molar-refractivity contribution < 1.29 is 9.18 Å². The number of thioether (sulfide) groups is 1.